The Morgan fingerprint density at radius 3 is 2.07 bits per heavy atom. The van der Waals surface area contributed by atoms with Crippen LogP contribution in [0.3, 0.4) is 0 Å². The Balaban J connectivity index is 1.93. The summed E-state index contributed by atoms with van der Waals surface area (Å²) < 4.78 is 5.44. The molecular weight excluding hydrogens is 344 g/mol. The van der Waals surface area contributed by atoms with Gasteiger partial charge in [-0.3, -0.25) is 4.79 Å². The minimum absolute atomic E-state index is 0.146. The molecule has 0 aliphatic carbocycles. The number of carbonyl (C=O) groups is 1. The van der Waals surface area contributed by atoms with Crippen molar-refractivity contribution in [2.75, 3.05) is 0 Å². The van der Waals surface area contributed by atoms with Crippen molar-refractivity contribution in [2.24, 2.45) is 0 Å². The number of benzene rings is 1. The molecule has 0 bridgehead atoms. The van der Waals surface area contributed by atoms with Crippen LogP contribution in [0.2, 0.25) is 0 Å². The summed E-state index contributed by atoms with van der Waals surface area (Å²) >= 11 is 0. The Hall–Kier alpha value is -1.83. The highest BCUT2D eigenvalue weighted by atomic mass is 16.5. The molecule has 0 saturated carbocycles. The number of rotatable bonds is 17. The fourth-order valence-corrected chi connectivity index (χ4v) is 3.26. The van der Waals surface area contributed by atoms with Crippen molar-refractivity contribution in [3.05, 3.63) is 48.6 Å². The normalized spacial score (nSPS) is 11.0. The van der Waals surface area contributed by atoms with Crippen molar-refractivity contribution in [3.8, 4) is 5.75 Å². The second-order valence-corrected chi connectivity index (χ2v) is 7.55. The van der Waals surface area contributed by atoms with Gasteiger partial charge in [-0.15, -0.1) is 0 Å². The summed E-state index contributed by atoms with van der Waals surface area (Å²) in [6.45, 7) is 6.01. The van der Waals surface area contributed by atoms with E-state index in [4.69, 9.17) is 4.74 Å². The number of carbonyl (C=O) groups excluding carboxylic acids is 1. The van der Waals surface area contributed by atoms with Crippen LogP contribution in [-0.2, 0) is 4.79 Å². The molecule has 156 valence electrons. The Bertz CT molecular complexity index is 559. The maximum absolute atomic E-state index is 11.9. The Morgan fingerprint density at radius 2 is 1.43 bits per heavy atom. The van der Waals surface area contributed by atoms with E-state index in [-0.39, 0.29) is 5.97 Å². The quantitative estimate of drug-likeness (QED) is 0.117. The number of hydrogen-bond donors (Lipinski definition) is 0. The molecular formula is C26H40O2. The molecule has 0 radical (unpaired) electrons. The first-order valence-electron chi connectivity index (χ1n) is 11.3. The summed E-state index contributed by atoms with van der Waals surface area (Å²) in [6, 6.07) is 7.50. The van der Waals surface area contributed by atoms with Gasteiger partial charge in [-0.25, -0.2) is 0 Å². The van der Waals surface area contributed by atoms with E-state index < -0.39 is 0 Å². The Labute approximate surface area is 173 Å². The third-order valence-electron chi connectivity index (χ3n) is 5.01. The molecule has 1 aromatic carbocycles. The van der Waals surface area contributed by atoms with Gasteiger partial charge in [0.25, 0.3) is 0 Å². The second kappa shape index (κ2) is 17.3. The van der Waals surface area contributed by atoms with Crippen LogP contribution >= 0.6 is 0 Å². The van der Waals surface area contributed by atoms with Crippen molar-refractivity contribution in [1.82, 2.24) is 0 Å². The lowest BCUT2D eigenvalue weighted by molar-refractivity contribution is -0.134. The van der Waals surface area contributed by atoms with Crippen LogP contribution in [0.4, 0.5) is 0 Å². The molecule has 0 unspecified atom stereocenters. The summed E-state index contributed by atoms with van der Waals surface area (Å²) in [7, 11) is 0. The molecule has 0 heterocycles. The number of ether oxygens (including phenoxy) is 1. The first-order valence-corrected chi connectivity index (χ1v) is 11.3. The van der Waals surface area contributed by atoms with Crippen molar-refractivity contribution >= 4 is 12.0 Å². The maximum Gasteiger partial charge on any atom is 0.311 e. The molecule has 0 N–H and O–H groups in total. The van der Waals surface area contributed by atoms with Crippen molar-refractivity contribution in [3.63, 3.8) is 0 Å². The molecule has 0 atom stereocenters. The van der Waals surface area contributed by atoms with Gasteiger partial charge in [0.1, 0.15) is 5.75 Å². The van der Waals surface area contributed by atoms with Crippen LogP contribution in [0.15, 0.2) is 43.0 Å². The van der Waals surface area contributed by atoms with E-state index in [9.17, 15) is 4.79 Å². The van der Waals surface area contributed by atoms with Crippen molar-refractivity contribution < 1.29 is 9.53 Å². The third-order valence-corrected chi connectivity index (χ3v) is 5.01. The van der Waals surface area contributed by atoms with Gasteiger partial charge in [0.2, 0.25) is 0 Å². The molecule has 28 heavy (non-hydrogen) atoms. The van der Waals surface area contributed by atoms with Crippen LogP contribution in [0.25, 0.3) is 6.08 Å². The Kier molecular flexibility index (Phi) is 14.9. The third kappa shape index (κ3) is 12.5. The minimum Gasteiger partial charge on any atom is -0.426 e. The monoisotopic (exact) mass is 384 g/mol. The molecule has 0 aliphatic rings. The fourth-order valence-electron chi connectivity index (χ4n) is 3.26. The maximum atomic E-state index is 11.9. The molecule has 1 aromatic rings. The first kappa shape index (κ1) is 24.2. The molecule has 2 nitrogen and oxygen atoms in total. The average molecular weight is 385 g/mol. The zero-order valence-corrected chi connectivity index (χ0v) is 18.0. The summed E-state index contributed by atoms with van der Waals surface area (Å²) in [6.07, 6.45) is 23.3. The number of unbranched alkanes of at least 4 members (excludes halogenated alkanes) is 11. The van der Waals surface area contributed by atoms with Gasteiger partial charge in [-0.05, 0) is 38.2 Å². The lowest BCUT2D eigenvalue weighted by Crippen LogP contribution is -2.08. The summed E-state index contributed by atoms with van der Waals surface area (Å²) in [4.78, 5) is 11.9. The second-order valence-electron chi connectivity index (χ2n) is 7.55. The highest BCUT2D eigenvalue weighted by Crippen LogP contribution is 2.20. The lowest BCUT2D eigenvalue weighted by Gasteiger charge is -2.07. The number of allylic oxidation sites excluding steroid dienone is 2. The van der Waals surface area contributed by atoms with Gasteiger partial charge in [-0.1, -0.05) is 101 Å². The molecule has 0 aromatic heterocycles. The van der Waals surface area contributed by atoms with E-state index in [1.54, 1.807) is 6.08 Å². The van der Waals surface area contributed by atoms with E-state index in [1.165, 1.54) is 70.6 Å². The van der Waals surface area contributed by atoms with Crippen LogP contribution in [0.1, 0.15) is 102 Å². The van der Waals surface area contributed by atoms with E-state index in [2.05, 4.69) is 25.7 Å². The fraction of sp³-hybridized carbons (Fsp3) is 0.577. The molecule has 0 amide bonds. The van der Waals surface area contributed by atoms with Crippen LogP contribution in [0.5, 0.6) is 5.75 Å². The molecule has 0 saturated heterocycles. The van der Waals surface area contributed by atoms with E-state index in [1.807, 2.05) is 24.3 Å². The molecule has 0 spiro atoms. The molecule has 0 fully saturated rings. The van der Waals surface area contributed by atoms with Crippen LogP contribution in [0, 0.1) is 0 Å². The standard InChI is InChI=1S/C26H40O2/c1-3-5-6-7-8-9-10-11-12-13-14-15-16-17-18-23-26(27)28-25-22-20-19-21-24(25)4-2/h4,11-12,19-22H,2-3,5-10,13-18,23H2,1H3. The topological polar surface area (TPSA) is 26.3 Å². The summed E-state index contributed by atoms with van der Waals surface area (Å²) in [5.41, 5.74) is 0.861. The summed E-state index contributed by atoms with van der Waals surface area (Å²) in [5, 5.41) is 0. The molecule has 0 aliphatic heterocycles. The highest BCUT2D eigenvalue weighted by molar-refractivity contribution is 5.74. The van der Waals surface area contributed by atoms with E-state index in [0.29, 0.717) is 12.2 Å². The van der Waals surface area contributed by atoms with Gasteiger partial charge >= 0.3 is 5.97 Å². The lowest BCUT2D eigenvalue weighted by atomic mass is 10.1. The van der Waals surface area contributed by atoms with Gasteiger partial charge in [-0.2, -0.15) is 0 Å². The molecule has 2 heteroatoms. The smallest absolute Gasteiger partial charge is 0.311 e. The predicted octanol–water partition coefficient (Wildman–Crippen LogP) is 8.27. The van der Waals surface area contributed by atoms with E-state index in [0.717, 1.165) is 18.4 Å². The van der Waals surface area contributed by atoms with Gasteiger partial charge in [0.15, 0.2) is 0 Å². The molecule has 1 rings (SSSR count). The van der Waals surface area contributed by atoms with Crippen molar-refractivity contribution in [1.29, 1.82) is 0 Å². The number of hydrogen-bond acceptors (Lipinski definition) is 2. The van der Waals surface area contributed by atoms with E-state index >= 15 is 0 Å². The zero-order valence-electron chi connectivity index (χ0n) is 18.0. The van der Waals surface area contributed by atoms with Crippen LogP contribution in [-0.4, -0.2) is 5.97 Å². The highest BCUT2D eigenvalue weighted by Gasteiger charge is 2.06. The first-order chi connectivity index (χ1) is 13.8. The summed E-state index contributed by atoms with van der Waals surface area (Å²) in [5.74, 6) is 0.460. The van der Waals surface area contributed by atoms with Gasteiger partial charge in [0.05, 0.1) is 0 Å². The zero-order chi connectivity index (χ0) is 20.3. The van der Waals surface area contributed by atoms with Crippen LogP contribution < -0.4 is 4.74 Å². The Morgan fingerprint density at radius 1 is 0.857 bits per heavy atom. The minimum atomic E-state index is -0.146. The van der Waals surface area contributed by atoms with Gasteiger partial charge in [0, 0.05) is 12.0 Å². The SMILES string of the molecule is C=Cc1ccccc1OC(=O)CCCCCCCC=CCCCCCCCC. The predicted molar refractivity (Wildman–Crippen MR) is 122 cm³/mol. The average Bonchev–Trinajstić information content (AvgIpc) is 2.71. The number of esters is 1. The van der Waals surface area contributed by atoms with Gasteiger partial charge < -0.3 is 4.74 Å². The van der Waals surface area contributed by atoms with Crippen molar-refractivity contribution in [2.45, 2.75) is 96.8 Å². The largest absolute Gasteiger partial charge is 0.426 e. The number of para-hydroxylation sites is 1.